The fraction of sp³-hybridized carbons (Fsp3) is 0.222. The van der Waals surface area contributed by atoms with E-state index < -0.39 is 0 Å². The fourth-order valence-electron chi connectivity index (χ4n) is 2.36. The molecule has 0 spiro atoms. The SMILES string of the molecule is CC1=CC(=O)C(Nc2ccc3c(c2)OC(C)(C)C=C3)=CC1=O. The zero-order chi connectivity index (χ0) is 15.9. The lowest BCUT2D eigenvalue weighted by Crippen LogP contribution is -2.27. The molecule has 1 N–H and O–H groups in total. The van der Waals surface area contributed by atoms with Gasteiger partial charge in [-0.2, -0.15) is 0 Å². The predicted octanol–water partition coefficient (Wildman–Crippen LogP) is 3.26. The van der Waals surface area contributed by atoms with E-state index in [4.69, 9.17) is 4.74 Å². The third-order valence-corrected chi connectivity index (χ3v) is 3.61. The number of carbonyl (C=O) groups is 2. The van der Waals surface area contributed by atoms with Crippen molar-refractivity contribution in [1.82, 2.24) is 0 Å². The van der Waals surface area contributed by atoms with Crippen molar-refractivity contribution in [2.45, 2.75) is 26.4 Å². The van der Waals surface area contributed by atoms with E-state index in [0.717, 1.165) is 11.3 Å². The van der Waals surface area contributed by atoms with E-state index in [1.54, 1.807) is 6.92 Å². The Hall–Kier alpha value is -2.62. The summed E-state index contributed by atoms with van der Waals surface area (Å²) in [6, 6.07) is 5.61. The second-order valence-electron chi connectivity index (χ2n) is 6.03. The molecule has 0 bridgehead atoms. The summed E-state index contributed by atoms with van der Waals surface area (Å²) in [5.74, 6) is 0.399. The van der Waals surface area contributed by atoms with Crippen molar-refractivity contribution in [3.8, 4) is 5.75 Å². The van der Waals surface area contributed by atoms with Crippen LogP contribution in [0.15, 0.2) is 47.7 Å². The van der Waals surface area contributed by atoms with Gasteiger partial charge in [0.05, 0.1) is 5.70 Å². The van der Waals surface area contributed by atoms with Gasteiger partial charge in [-0.25, -0.2) is 0 Å². The van der Waals surface area contributed by atoms with Gasteiger partial charge in [-0.05, 0) is 45.1 Å². The first-order valence-corrected chi connectivity index (χ1v) is 7.12. The summed E-state index contributed by atoms with van der Waals surface area (Å²) in [6.45, 7) is 5.59. The summed E-state index contributed by atoms with van der Waals surface area (Å²) >= 11 is 0. The molecule has 0 aromatic heterocycles. The molecule has 0 radical (unpaired) electrons. The van der Waals surface area contributed by atoms with Gasteiger partial charge in [-0.3, -0.25) is 9.59 Å². The number of ether oxygens (including phenoxy) is 1. The van der Waals surface area contributed by atoms with Crippen LogP contribution in [0.2, 0.25) is 0 Å². The average Bonchev–Trinajstić information content (AvgIpc) is 2.43. The number of carbonyl (C=O) groups excluding carboxylic acids is 2. The molecule has 0 saturated carbocycles. The van der Waals surface area contributed by atoms with Crippen LogP contribution in [0.1, 0.15) is 26.3 Å². The molecular formula is C18H17NO3. The zero-order valence-electron chi connectivity index (χ0n) is 12.8. The molecule has 0 fully saturated rings. The first-order chi connectivity index (χ1) is 10.3. The molecule has 1 aliphatic heterocycles. The largest absolute Gasteiger partial charge is 0.483 e. The molecule has 22 heavy (non-hydrogen) atoms. The highest BCUT2D eigenvalue weighted by Gasteiger charge is 2.22. The van der Waals surface area contributed by atoms with Crippen molar-refractivity contribution in [3.05, 3.63) is 53.3 Å². The van der Waals surface area contributed by atoms with Crippen LogP contribution in [0.4, 0.5) is 5.69 Å². The highest BCUT2D eigenvalue weighted by molar-refractivity contribution is 6.20. The second-order valence-corrected chi connectivity index (χ2v) is 6.03. The molecule has 0 unspecified atom stereocenters. The van der Waals surface area contributed by atoms with Crippen LogP contribution in [-0.4, -0.2) is 17.2 Å². The fourth-order valence-corrected chi connectivity index (χ4v) is 2.36. The van der Waals surface area contributed by atoms with Gasteiger partial charge in [0, 0.05) is 29.0 Å². The number of benzene rings is 1. The standard InChI is InChI=1S/C18H17NO3/c1-11-8-16(21)14(10-15(11)20)19-13-5-4-12-6-7-18(2,3)22-17(12)9-13/h4-10,19H,1-3H3. The van der Waals surface area contributed by atoms with Crippen molar-refractivity contribution >= 4 is 23.3 Å². The quantitative estimate of drug-likeness (QED) is 0.851. The molecule has 1 aromatic rings. The Morgan fingerprint density at radius 1 is 1.09 bits per heavy atom. The Bertz CT molecular complexity index is 767. The van der Waals surface area contributed by atoms with Crippen LogP contribution in [0.3, 0.4) is 0 Å². The van der Waals surface area contributed by atoms with Gasteiger partial charge in [0.25, 0.3) is 0 Å². The minimum Gasteiger partial charge on any atom is -0.483 e. The number of ketones is 2. The number of rotatable bonds is 2. The van der Waals surface area contributed by atoms with E-state index in [2.05, 4.69) is 5.32 Å². The van der Waals surface area contributed by atoms with E-state index in [-0.39, 0.29) is 22.9 Å². The van der Waals surface area contributed by atoms with Crippen LogP contribution in [0, 0.1) is 0 Å². The van der Waals surface area contributed by atoms with E-state index in [1.165, 1.54) is 12.2 Å². The Labute approximate surface area is 129 Å². The van der Waals surface area contributed by atoms with Crippen molar-refractivity contribution in [1.29, 1.82) is 0 Å². The van der Waals surface area contributed by atoms with Crippen LogP contribution in [0.25, 0.3) is 6.08 Å². The maximum Gasteiger partial charge on any atom is 0.202 e. The summed E-state index contributed by atoms with van der Waals surface area (Å²) in [7, 11) is 0. The number of fused-ring (bicyclic) bond motifs is 1. The molecule has 2 aliphatic rings. The highest BCUT2D eigenvalue weighted by Crippen LogP contribution is 2.33. The lowest BCUT2D eigenvalue weighted by Gasteiger charge is -2.28. The van der Waals surface area contributed by atoms with Crippen molar-refractivity contribution in [2.24, 2.45) is 0 Å². The lowest BCUT2D eigenvalue weighted by atomic mass is 10.0. The maximum absolute atomic E-state index is 11.9. The van der Waals surface area contributed by atoms with Gasteiger partial charge in [0.1, 0.15) is 11.4 Å². The normalized spacial score (nSPS) is 19.0. The van der Waals surface area contributed by atoms with E-state index in [1.807, 2.05) is 44.2 Å². The number of nitrogens with one attached hydrogen (secondary N) is 1. The Kier molecular flexibility index (Phi) is 3.24. The Morgan fingerprint density at radius 2 is 1.86 bits per heavy atom. The molecule has 1 aliphatic carbocycles. The topological polar surface area (TPSA) is 55.4 Å². The lowest BCUT2D eigenvalue weighted by molar-refractivity contribution is -0.115. The minimum atomic E-state index is -0.360. The molecule has 3 rings (SSSR count). The molecule has 1 aromatic carbocycles. The van der Waals surface area contributed by atoms with Gasteiger partial charge in [-0.1, -0.05) is 6.08 Å². The highest BCUT2D eigenvalue weighted by atomic mass is 16.5. The second kappa shape index (κ2) is 4.98. The molecule has 0 saturated heterocycles. The van der Waals surface area contributed by atoms with Crippen LogP contribution < -0.4 is 10.1 Å². The number of hydrogen-bond donors (Lipinski definition) is 1. The molecule has 4 nitrogen and oxygen atoms in total. The molecule has 0 amide bonds. The zero-order valence-corrected chi connectivity index (χ0v) is 12.8. The third kappa shape index (κ3) is 2.72. The minimum absolute atomic E-state index is 0.152. The van der Waals surface area contributed by atoms with E-state index >= 15 is 0 Å². The molecule has 0 atom stereocenters. The summed E-state index contributed by atoms with van der Waals surface area (Å²) in [5, 5.41) is 3.00. The Morgan fingerprint density at radius 3 is 2.64 bits per heavy atom. The number of allylic oxidation sites excluding steroid dienone is 3. The molecular weight excluding hydrogens is 278 g/mol. The van der Waals surface area contributed by atoms with Gasteiger partial charge in [0.15, 0.2) is 5.78 Å². The first kappa shape index (κ1) is 14.3. The van der Waals surface area contributed by atoms with Crippen molar-refractivity contribution < 1.29 is 14.3 Å². The molecule has 112 valence electrons. The maximum atomic E-state index is 11.9. The van der Waals surface area contributed by atoms with E-state index in [9.17, 15) is 9.59 Å². The predicted molar refractivity (Wildman–Crippen MR) is 85.7 cm³/mol. The van der Waals surface area contributed by atoms with Gasteiger partial charge < -0.3 is 10.1 Å². The molecule has 1 heterocycles. The summed E-state index contributed by atoms with van der Waals surface area (Å²) in [4.78, 5) is 23.6. The summed E-state index contributed by atoms with van der Waals surface area (Å²) < 4.78 is 5.90. The average molecular weight is 295 g/mol. The van der Waals surface area contributed by atoms with Gasteiger partial charge in [0.2, 0.25) is 5.78 Å². The van der Waals surface area contributed by atoms with Crippen LogP contribution in [-0.2, 0) is 9.59 Å². The Balaban J connectivity index is 1.86. The van der Waals surface area contributed by atoms with Gasteiger partial charge >= 0.3 is 0 Å². The third-order valence-electron chi connectivity index (χ3n) is 3.61. The van der Waals surface area contributed by atoms with Crippen molar-refractivity contribution in [3.63, 3.8) is 0 Å². The van der Waals surface area contributed by atoms with Gasteiger partial charge in [-0.15, -0.1) is 0 Å². The smallest absolute Gasteiger partial charge is 0.202 e. The number of hydrogen-bond acceptors (Lipinski definition) is 4. The number of anilines is 1. The monoisotopic (exact) mass is 295 g/mol. The van der Waals surface area contributed by atoms with Crippen LogP contribution in [0.5, 0.6) is 5.75 Å². The first-order valence-electron chi connectivity index (χ1n) is 7.12. The van der Waals surface area contributed by atoms with E-state index in [0.29, 0.717) is 11.3 Å². The summed E-state index contributed by atoms with van der Waals surface area (Å²) in [6.07, 6.45) is 6.71. The summed E-state index contributed by atoms with van der Waals surface area (Å²) in [5.41, 5.74) is 2.07. The van der Waals surface area contributed by atoms with Crippen molar-refractivity contribution in [2.75, 3.05) is 5.32 Å². The van der Waals surface area contributed by atoms with Crippen LogP contribution >= 0.6 is 0 Å². The molecule has 4 heteroatoms.